The Morgan fingerprint density at radius 2 is 2.19 bits per heavy atom. The predicted molar refractivity (Wildman–Crippen MR) is 81.9 cm³/mol. The van der Waals surface area contributed by atoms with Crippen LogP contribution >= 0.6 is 31.9 Å². The summed E-state index contributed by atoms with van der Waals surface area (Å²) in [5.41, 5.74) is 0. The second-order valence-corrected chi connectivity index (χ2v) is 7.71. The lowest BCUT2D eigenvalue weighted by molar-refractivity contribution is -0.142. The lowest BCUT2D eigenvalue weighted by Gasteiger charge is -2.29. The Morgan fingerprint density at radius 1 is 1.48 bits per heavy atom. The second kappa shape index (κ2) is 6.55. The molecule has 1 unspecified atom stereocenters. The normalized spacial score (nSPS) is 20.2. The number of nitrogens with zero attached hydrogens (tertiary/aromatic N) is 3. The average Bonchev–Trinajstić information content (AvgIpc) is 2.42. The van der Waals surface area contributed by atoms with Gasteiger partial charge in [-0.2, -0.15) is 12.7 Å². The van der Waals surface area contributed by atoms with Crippen LogP contribution in [0.15, 0.2) is 15.4 Å². The lowest BCUT2D eigenvalue weighted by Crippen LogP contribution is -2.44. The first-order chi connectivity index (χ1) is 9.79. The Morgan fingerprint density at radius 3 is 2.81 bits per heavy atom. The molecule has 1 aliphatic heterocycles. The number of carboxylic acids is 1. The van der Waals surface area contributed by atoms with E-state index in [0.29, 0.717) is 17.4 Å². The maximum Gasteiger partial charge on any atom is 0.307 e. The summed E-state index contributed by atoms with van der Waals surface area (Å²) in [4.78, 5) is 18.9. The van der Waals surface area contributed by atoms with E-state index in [2.05, 4.69) is 46.5 Å². The summed E-state index contributed by atoms with van der Waals surface area (Å²) in [6, 6.07) is 0. The van der Waals surface area contributed by atoms with Crippen LogP contribution in [0.4, 0.5) is 5.82 Å². The smallest absolute Gasteiger partial charge is 0.307 e. The van der Waals surface area contributed by atoms with E-state index >= 15 is 0 Å². The van der Waals surface area contributed by atoms with E-state index in [9.17, 15) is 13.2 Å². The summed E-state index contributed by atoms with van der Waals surface area (Å²) in [6.45, 7) is 0.229. The summed E-state index contributed by atoms with van der Waals surface area (Å²) >= 11 is 6.24. The SMILES string of the molecule is O=C(O)C1CCCN(S(=O)(=O)Nc2ncc(Br)nc2Br)C1. The molecule has 0 bridgehead atoms. The number of nitrogens with one attached hydrogen (secondary N) is 1. The topological polar surface area (TPSA) is 112 Å². The molecule has 1 aliphatic rings. The molecular weight excluding hydrogens is 432 g/mol. The molecule has 1 fully saturated rings. The van der Waals surface area contributed by atoms with Crippen LogP contribution in [-0.2, 0) is 15.0 Å². The van der Waals surface area contributed by atoms with Crippen molar-refractivity contribution < 1.29 is 18.3 Å². The highest BCUT2D eigenvalue weighted by Gasteiger charge is 2.32. The van der Waals surface area contributed by atoms with Crippen LogP contribution in [0.2, 0.25) is 0 Å². The number of hydrogen-bond donors (Lipinski definition) is 2. The molecule has 0 amide bonds. The van der Waals surface area contributed by atoms with Crippen LogP contribution in [-0.4, -0.2) is 46.9 Å². The van der Waals surface area contributed by atoms with Crippen molar-refractivity contribution in [1.82, 2.24) is 14.3 Å². The van der Waals surface area contributed by atoms with Crippen molar-refractivity contribution in [2.75, 3.05) is 17.8 Å². The predicted octanol–water partition coefficient (Wildman–Crippen LogP) is 1.45. The molecule has 8 nitrogen and oxygen atoms in total. The molecule has 21 heavy (non-hydrogen) atoms. The maximum absolute atomic E-state index is 12.3. The number of aliphatic carboxylic acids is 1. The molecule has 1 atom stereocenters. The Balaban J connectivity index is 2.16. The largest absolute Gasteiger partial charge is 0.481 e. The van der Waals surface area contributed by atoms with Gasteiger partial charge in [0.2, 0.25) is 0 Å². The number of rotatable bonds is 4. The summed E-state index contributed by atoms with van der Waals surface area (Å²) in [5.74, 6) is -1.62. The number of carboxylic acid groups (broad SMARTS) is 1. The van der Waals surface area contributed by atoms with Gasteiger partial charge in [0.05, 0.1) is 12.1 Å². The molecule has 11 heteroatoms. The van der Waals surface area contributed by atoms with Crippen LogP contribution in [0.5, 0.6) is 0 Å². The quantitative estimate of drug-likeness (QED) is 0.728. The Bertz CT molecular complexity index is 654. The first-order valence-electron chi connectivity index (χ1n) is 5.98. The number of halogens is 2. The Labute approximate surface area is 138 Å². The van der Waals surface area contributed by atoms with E-state index in [1.807, 2.05) is 0 Å². The zero-order chi connectivity index (χ0) is 15.6. The fourth-order valence-corrected chi connectivity index (χ4v) is 4.27. The highest BCUT2D eigenvalue weighted by atomic mass is 79.9. The van der Waals surface area contributed by atoms with Crippen molar-refractivity contribution >= 4 is 53.9 Å². The third-order valence-corrected chi connectivity index (χ3v) is 5.40. The van der Waals surface area contributed by atoms with Gasteiger partial charge in [0.1, 0.15) is 4.60 Å². The van der Waals surface area contributed by atoms with Gasteiger partial charge in [-0.3, -0.25) is 9.52 Å². The minimum absolute atomic E-state index is 0.0494. The average molecular weight is 444 g/mol. The first-order valence-corrected chi connectivity index (χ1v) is 9.01. The molecule has 1 saturated heterocycles. The minimum Gasteiger partial charge on any atom is -0.481 e. The van der Waals surface area contributed by atoms with Crippen molar-refractivity contribution in [2.24, 2.45) is 5.92 Å². The van der Waals surface area contributed by atoms with Gasteiger partial charge >= 0.3 is 16.2 Å². The van der Waals surface area contributed by atoms with Crippen LogP contribution < -0.4 is 4.72 Å². The first kappa shape index (κ1) is 16.6. The van der Waals surface area contributed by atoms with Crippen LogP contribution in [0.1, 0.15) is 12.8 Å². The van der Waals surface area contributed by atoms with E-state index in [-0.39, 0.29) is 23.5 Å². The van der Waals surface area contributed by atoms with Gasteiger partial charge in [-0.15, -0.1) is 0 Å². The third kappa shape index (κ3) is 4.11. The number of piperidine rings is 1. The fourth-order valence-electron chi connectivity index (χ4n) is 1.96. The van der Waals surface area contributed by atoms with E-state index in [1.165, 1.54) is 6.20 Å². The van der Waals surface area contributed by atoms with Crippen molar-refractivity contribution in [2.45, 2.75) is 12.8 Å². The fraction of sp³-hybridized carbons (Fsp3) is 0.500. The molecule has 0 radical (unpaired) electrons. The number of carbonyl (C=O) groups is 1. The van der Waals surface area contributed by atoms with E-state index in [0.717, 1.165) is 4.31 Å². The Kier molecular flexibility index (Phi) is 5.17. The van der Waals surface area contributed by atoms with Crippen molar-refractivity contribution in [3.8, 4) is 0 Å². The summed E-state index contributed by atoms with van der Waals surface area (Å²) in [7, 11) is -3.87. The van der Waals surface area contributed by atoms with Gasteiger partial charge in [-0.05, 0) is 44.7 Å². The summed E-state index contributed by atoms with van der Waals surface area (Å²) in [5, 5.41) is 9.01. The Hall–Kier alpha value is -0.780. The number of anilines is 1. The molecule has 0 aromatic carbocycles. The van der Waals surface area contributed by atoms with E-state index < -0.39 is 22.1 Å². The summed E-state index contributed by atoms with van der Waals surface area (Å²) in [6.07, 6.45) is 2.34. The van der Waals surface area contributed by atoms with Crippen molar-refractivity contribution in [3.05, 3.63) is 15.4 Å². The molecule has 2 N–H and O–H groups in total. The molecule has 2 heterocycles. The highest BCUT2D eigenvalue weighted by molar-refractivity contribution is 9.11. The zero-order valence-electron chi connectivity index (χ0n) is 10.7. The second-order valence-electron chi connectivity index (χ2n) is 4.47. The van der Waals surface area contributed by atoms with Gasteiger partial charge in [0.25, 0.3) is 0 Å². The van der Waals surface area contributed by atoms with Gasteiger partial charge < -0.3 is 5.11 Å². The maximum atomic E-state index is 12.3. The molecule has 1 aromatic rings. The standard InChI is InChI=1S/C10H12Br2N4O4S/c11-7-4-13-9(8(12)14-7)15-21(19,20)16-3-1-2-6(5-16)10(17)18/h4,6H,1-3,5H2,(H,13,15)(H,17,18). The highest BCUT2D eigenvalue weighted by Crippen LogP contribution is 2.24. The molecule has 0 spiro atoms. The van der Waals surface area contributed by atoms with Gasteiger partial charge in [0.15, 0.2) is 10.4 Å². The number of aromatic nitrogens is 2. The van der Waals surface area contributed by atoms with E-state index in [1.54, 1.807) is 0 Å². The molecular formula is C10H12Br2N4O4S. The molecule has 0 saturated carbocycles. The van der Waals surface area contributed by atoms with Crippen molar-refractivity contribution in [1.29, 1.82) is 0 Å². The molecule has 0 aliphatic carbocycles. The minimum atomic E-state index is -3.87. The number of hydrogen-bond acceptors (Lipinski definition) is 5. The van der Waals surface area contributed by atoms with E-state index in [4.69, 9.17) is 5.11 Å². The van der Waals surface area contributed by atoms with Crippen LogP contribution in [0.3, 0.4) is 0 Å². The van der Waals surface area contributed by atoms with Gasteiger partial charge in [-0.25, -0.2) is 9.97 Å². The lowest BCUT2D eigenvalue weighted by atomic mass is 10.0. The van der Waals surface area contributed by atoms with Crippen LogP contribution in [0.25, 0.3) is 0 Å². The monoisotopic (exact) mass is 442 g/mol. The van der Waals surface area contributed by atoms with Gasteiger partial charge in [0, 0.05) is 13.1 Å². The molecule has 1 aromatic heterocycles. The van der Waals surface area contributed by atoms with Crippen LogP contribution in [0, 0.1) is 5.92 Å². The zero-order valence-corrected chi connectivity index (χ0v) is 14.6. The molecule has 2 rings (SSSR count). The van der Waals surface area contributed by atoms with Gasteiger partial charge in [-0.1, -0.05) is 0 Å². The molecule has 116 valence electrons. The summed E-state index contributed by atoms with van der Waals surface area (Å²) < 4.78 is 28.7. The van der Waals surface area contributed by atoms with Crippen molar-refractivity contribution in [3.63, 3.8) is 0 Å². The third-order valence-electron chi connectivity index (χ3n) is 3.00.